The number of alkyl halides is 2. The molecule has 106 valence electrons. The predicted octanol–water partition coefficient (Wildman–Crippen LogP) is 3.20. The van der Waals surface area contributed by atoms with Crippen molar-refractivity contribution in [3.8, 4) is 5.75 Å². The molecule has 0 amide bonds. The third kappa shape index (κ3) is 2.45. The van der Waals surface area contributed by atoms with Crippen LogP contribution in [-0.2, 0) is 0 Å². The average Bonchev–Trinajstić information content (AvgIpc) is 2.79. The number of benzene rings is 1. The number of nitrogens with one attached hydrogen (secondary N) is 1. The summed E-state index contributed by atoms with van der Waals surface area (Å²) in [6, 6.07) is 6.98. The van der Waals surface area contributed by atoms with Gasteiger partial charge in [-0.2, -0.15) is 8.78 Å². The fraction of sp³-hybridized carbons (Fsp3) is 0.357. The van der Waals surface area contributed by atoms with E-state index in [0.717, 1.165) is 30.2 Å². The Balaban J connectivity index is 1.86. The molecule has 1 atom stereocenters. The topological polar surface area (TPSA) is 39.1 Å². The van der Waals surface area contributed by atoms with Crippen molar-refractivity contribution in [2.75, 3.05) is 11.9 Å². The number of ether oxygens (including phenoxy) is 1. The van der Waals surface area contributed by atoms with Gasteiger partial charge in [0, 0.05) is 12.7 Å². The van der Waals surface area contributed by atoms with Gasteiger partial charge in [-0.3, -0.25) is 0 Å². The quantitative estimate of drug-likeness (QED) is 0.937. The van der Waals surface area contributed by atoms with Gasteiger partial charge in [0.25, 0.3) is 0 Å². The summed E-state index contributed by atoms with van der Waals surface area (Å²) in [6.07, 6.45) is 2.92. The number of hydrogen-bond donors (Lipinski definition) is 1. The first kappa shape index (κ1) is 12.9. The summed E-state index contributed by atoms with van der Waals surface area (Å²) in [6.45, 7) is 0.00248. The molecule has 0 fully saturated rings. The van der Waals surface area contributed by atoms with Crippen LogP contribution < -0.4 is 10.1 Å². The first-order chi connectivity index (χ1) is 9.63. The van der Waals surface area contributed by atoms with Gasteiger partial charge in [-0.1, -0.05) is 12.1 Å². The van der Waals surface area contributed by atoms with Crippen LogP contribution in [0, 0.1) is 6.92 Å². The lowest BCUT2D eigenvalue weighted by Gasteiger charge is -2.26. The van der Waals surface area contributed by atoms with E-state index in [1.807, 2.05) is 25.3 Å². The zero-order chi connectivity index (χ0) is 14.1. The fourth-order valence-corrected chi connectivity index (χ4v) is 2.54. The molecular weight excluding hydrogens is 264 g/mol. The van der Waals surface area contributed by atoms with Gasteiger partial charge in [0.2, 0.25) is 5.95 Å². The van der Waals surface area contributed by atoms with Crippen molar-refractivity contribution in [2.45, 2.75) is 26.0 Å². The van der Waals surface area contributed by atoms with E-state index in [-0.39, 0.29) is 11.8 Å². The summed E-state index contributed by atoms with van der Waals surface area (Å²) in [5.41, 5.74) is 2.02. The minimum Gasteiger partial charge on any atom is -0.435 e. The normalized spacial score (nSPS) is 17.7. The van der Waals surface area contributed by atoms with E-state index >= 15 is 0 Å². The minimum absolute atomic E-state index is 0.174. The summed E-state index contributed by atoms with van der Waals surface area (Å²) >= 11 is 0. The predicted molar refractivity (Wildman–Crippen MR) is 71.3 cm³/mol. The molecule has 1 N–H and O–H groups in total. The largest absolute Gasteiger partial charge is 0.435 e. The van der Waals surface area contributed by atoms with Crippen LogP contribution in [0.5, 0.6) is 5.75 Å². The molecule has 1 unspecified atom stereocenters. The molecule has 20 heavy (non-hydrogen) atoms. The lowest BCUT2D eigenvalue weighted by molar-refractivity contribution is -0.0498. The lowest BCUT2D eigenvalue weighted by Crippen LogP contribution is -2.23. The summed E-state index contributed by atoms with van der Waals surface area (Å²) in [4.78, 5) is 4.41. The Hall–Kier alpha value is -2.11. The van der Waals surface area contributed by atoms with Crippen LogP contribution in [0.3, 0.4) is 0 Å². The Labute approximate surface area is 115 Å². The van der Waals surface area contributed by atoms with Crippen LogP contribution in [-0.4, -0.2) is 22.7 Å². The average molecular weight is 279 g/mol. The Morgan fingerprint density at radius 1 is 1.35 bits per heavy atom. The number of imidazole rings is 1. The smallest absolute Gasteiger partial charge is 0.387 e. The number of aryl methyl sites for hydroxylation is 1. The molecule has 1 aliphatic heterocycles. The minimum atomic E-state index is -2.79. The molecule has 0 saturated heterocycles. The molecule has 0 saturated carbocycles. The standard InChI is InChI=1S/C14H15F2N3O/c1-9-8-19-12(6-7-17-14(19)18-9)10-2-4-11(5-3-10)20-13(15)16/h2-5,8,12-13H,6-7H2,1H3,(H,17,18). The van der Waals surface area contributed by atoms with Gasteiger partial charge in [-0.05, 0) is 31.0 Å². The Morgan fingerprint density at radius 2 is 2.10 bits per heavy atom. The first-order valence-electron chi connectivity index (χ1n) is 6.47. The van der Waals surface area contributed by atoms with Gasteiger partial charge in [0.05, 0.1) is 11.7 Å². The molecule has 2 aromatic rings. The number of hydrogen-bond acceptors (Lipinski definition) is 3. The van der Waals surface area contributed by atoms with Gasteiger partial charge < -0.3 is 14.6 Å². The highest BCUT2D eigenvalue weighted by Crippen LogP contribution is 2.30. The molecule has 1 aromatic carbocycles. The summed E-state index contributed by atoms with van der Waals surface area (Å²) in [5.74, 6) is 1.03. The summed E-state index contributed by atoms with van der Waals surface area (Å²) in [7, 11) is 0. The third-order valence-corrected chi connectivity index (χ3v) is 3.38. The van der Waals surface area contributed by atoms with Crippen molar-refractivity contribution >= 4 is 5.95 Å². The van der Waals surface area contributed by atoms with Crippen LogP contribution in [0.15, 0.2) is 30.5 Å². The van der Waals surface area contributed by atoms with Gasteiger partial charge in [0.15, 0.2) is 0 Å². The Bertz CT molecular complexity index is 595. The van der Waals surface area contributed by atoms with Crippen molar-refractivity contribution < 1.29 is 13.5 Å². The molecule has 4 nitrogen and oxygen atoms in total. The van der Waals surface area contributed by atoms with E-state index in [0.29, 0.717) is 0 Å². The molecule has 3 rings (SSSR count). The highest BCUT2D eigenvalue weighted by atomic mass is 19.3. The van der Waals surface area contributed by atoms with Gasteiger partial charge in [-0.15, -0.1) is 0 Å². The van der Waals surface area contributed by atoms with Crippen molar-refractivity contribution in [1.82, 2.24) is 9.55 Å². The zero-order valence-corrected chi connectivity index (χ0v) is 11.0. The SMILES string of the molecule is Cc1cn2c(n1)NCCC2c1ccc(OC(F)F)cc1. The second-order valence-corrected chi connectivity index (χ2v) is 4.79. The zero-order valence-electron chi connectivity index (χ0n) is 11.0. The van der Waals surface area contributed by atoms with E-state index in [4.69, 9.17) is 0 Å². The Kier molecular flexibility index (Phi) is 3.30. The molecule has 1 aromatic heterocycles. The molecule has 0 bridgehead atoms. The molecule has 0 aliphatic carbocycles. The second-order valence-electron chi connectivity index (χ2n) is 4.79. The molecule has 1 aliphatic rings. The number of halogens is 2. The van der Waals surface area contributed by atoms with E-state index < -0.39 is 6.61 Å². The third-order valence-electron chi connectivity index (χ3n) is 3.38. The highest BCUT2D eigenvalue weighted by molar-refractivity contribution is 5.37. The number of rotatable bonds is 3. The van der Waals surface area contributed by atoms with Gasteiger partial charge >= 0.3 is 6.61 Å². The fourth-order valence-electron chi connectivity index (χ4n) is 2.54. The number of aromatic nitrogens is 2. The van der Waals surface area contributed by atoms with E-state index in [9.17, 15) is 8.78 Å². The van der Waals surface area contributed by atoms with Crippen molar-refractivity contribution in [2.24, 2.45) is 0 Å². The number of fused-ring (bicyclic) bond motifs is 1. The van der Waals surface area contributed by atoms with Crippen molar-refractivity contribution in [3.05, 3.63) is 41.7 Å². The second kappa shape index (κ2) is 5.11. The van der Waals surface area contributed by atoms with Crippen LogP contribution in [0.1, 0.15) is 23.7 Å². The van der Waals surface area contributed by atoms with E-state index in [1.165, 1.54) is 0 Å². The maximum Gasteiger partial charge on any atom is 0.387 e. The van der Waals surface area contributed by atoms with Gasteiger partial charge in [0.1, 0.15) is 5.75 Å². The monoisotopic (exact) mass is 279 g/mol. The molecular formula is C14H15F2N3O. The maximum absolute atomic E-state index is 12.1. The molecule has 2 heterocycles. The van der Waals surface area contributed by atoms with Crippen molar-refractivity contribution in [3.63, 3.8) is 0 Å². The molecule has 0 spiro atoms. The van der Waals surface area contributed by atoms with Crippen LogP contribution >= 0.6 is 0 Å². The summed E-state index contributed by atoms with van der Waals surface area (Å²) < 4.78 is 30.7. The van der Waals surface area contributed by atoms with Crippen LogP contribution in [0.25, 0.3) is 0 Å². The van der Waals surface area contributed by atoms with E-state index in [2.05, 4.69) is 19.6 Å². The van der Waals surface area contributed by atoms with Crippen LogP contribution in [0.2, 0.25) is 0 Å². The van der Waals surface area contributed by atoms with Crippen LogP contribution in [0.4, 0.5) is 14.7 Å². The lowest BCUT2D eigenvalue weighted by atomic mass is 10.0. The van der Waals surface area contributed by atoms with Crippen molar-refractivity contribution in [1.29, 1.82) is 0 Å². The number of anilines is 1. The first-order valence-corrected chi connectivity index (χ1v) is 6.47. The molecule has 6 heteroatoms. The van der Waals surface area contributed by atoms with Gasteiger partial charge in [-0.25, -0.2) is 4.98 Å². The Morgan fingerprint density at radius 3 is 2.80 bits per heavy atom. The maximum atomic E-state index is 12.1. The highest BCUT2D eigenvalue weighted by Gasteiger charge is 2.22. The van der Waals surface area contributed by atoms with E-state index in [1.54, 1.807) is 12.1 Å². The summed E-state index contributed by atoms with van der Waals surface area (Å²) in [5, 5.41) is 3.25. The molecule has 0 radical (unpaired) electrons. The number of nitrogens with zero attached hydrogens (tertiary/aromatic N) is 2.